The normalized spacial score (nSPS) is 18.5. The number of ether oxygens (including phenoxy) is 1. The van der Waals surface area contributed by atoms with Crippen LogP contribution in [0.25, 0.3) is 0 Å². The highest BCUT2D eigenvalue weighted by Crippen LogP contribution is 2.25. The van der Waals surface area contributed by atoms with Crippen molar-refractivity contribution in [3.05, 3.63) is 35.4 Å². The van der Waals surface area contributed by atoms with Gasteiger partial charge in [-0.15, -0.1) is 0 Å². The van der Waals surface area contributed by atoms with Crippen molar-refractivity contribution in [3.8, 4) is 0 Å². The first-order chi connectivity index (χ1) is 9.96. The number of rotatable bonds is 4. The van der Waals surface area contributed by atoms with Crippen molar-refractivity contribution >= 4 is 5.97 Å². The van der Waals surface area contributed by atoms with E-state index >= 15 is 0 Å². The van der Waals surface area contributed by atoms with Gasteiger partial charge in [0.2, 0.25) is 0 Å². The lowest BCUT2D eigenvalue weighted by Crippen LogP contribution is -2.49. The molecule has 1 fully saturated rings. The number of hydrogen-bond donors (Lipinski definition) is 1. The van der Waals surface area contributed by atoms with Crippen molar-refractivity contribution in [2.24, 2.45) is 0 Å². The Labute approximate surface area is 122 Å². The van der Waals surface area contributed by atoms with Gasteiger partial charge in [0.05, 0.1) is 6.61 Å². The van der Waals surface area contributed by atoms with Crippen molar-refractivity contribution in [1.82, 2.24) is 4.90 Å². The Balaban J connectivity index is 1.95. The maximum absolute atomic E-state index is 13.6. The molecule has 1 aliphatic heterocycles. The predicted octanol–water partition coefficient (Wildman–Crippen LogP) is 1.85. The number of carbonyl (C=O) groups excluding carboxylic acids is 1. The summed E-state index contributed by atoms with van der Waals surface area (Å²) < 4.78 is 31.6. The molecule has 1 aliphatic rings. The molecule has 0 bridgehead atoms. The fourth-order valence-corrected chi connectivity index (χ4v) is 2.46. The molecule has 116 valence electrons. The van der Waals surface area contributed by atoms with E-state index in [0.29, 0.717) is 13.1 Å². The monoisotopic (exact) mass is 299 g/mol. The lowest BCUT2D eigenvalue weighted by molar-refractivity contribution is -0.170. The summed E-state index contributed by atoms with van der Waals surface area (Å²) in [6.07, 6.45) is 0.450. The zero-order valence-corrected chi connectivity index (χ0v) is 11.9. The number of hydrogen-bond acceptors (Lipinski definition) is 4. The zero-order valence-electron chi connectivity index (χ0n) is 11.9. The fraction of sp³-hybridized carbons (Fsp3) is 0.533. The Hall–Kier alpha value is -1.53. The Bertz CT molecular complexity index is 514. The second kappa shape index (κ2) is 6.49. The van der Waals surface area contributed by atoms with Crippen LogP contribution >= 0.6 is 0 Å². The molecule has 6 heteroatoms. The van der Waals surface area contributed by atoms with E-state index in [0.717, 1.165) is 6.07 Å². The quantitative estimate of drug-likeness (QED) is 0.862. The van der Waals surface area contributed by atoms with Gasteiger partial charge in [0.25, 0.3) is 0 Å². The fourth-order valence-electron chi connectivity index (χ4n) is 2.46. The highest BCUT2D eigenvalue weighted by Gasteiger charge is 2.40. The van der Waals surface area contributed by atoms with Crippen LogP contribution in [0.5, 0.6) is 0 Å². The van der Waals surface area contributed by atoms with E-state index in [4.69, 9.17) is 4.74 Å². The van der Waals surface area contributed by atoms with Crippen LogP contribution in [0.2, 0.25) is 0 Å². The summed E-state index contributed by atoms with van der Waals surface area (Å²) in [4.78, 5) is 13.6. The summed E-state index contributed by atoms with van der Waals surface area (Å²) in [6.45, 7) is 3.00. The second-order valence-electron chi connectivity index (χ2n) is 5.24. The van der Waals surface area contributed by atoms with Crippen molar-refractivity contribution in [2.75, 3.05) is 19.7 Å². The average molecular weight is 299 g/mol. The second-order valence-corrected chi connectivity index (χ2v) is 5.24. The number of esters is 1. The summed E-state index contributed by atoms with van der Waals surface area (Å²) in [7, 11) is 0. The van der Waals surface area contributed by atoms with E-state index < -0.39 is 23.2 Å². The summed E-state index contributed by atoms with van der Waals surface area (Å²) in [6, 6.07) is 4.08. The van der Waals surface area contributed by atoms with E-state index in [1.807, 2.05) is 4.90 Å². The third-order valence-electron chi connectivity index (χ3n) is 3.76. The minimum atomic E-state index is -1.47. The highest BCUT2D eigenvalue weighted by atomic mass is 19.2. The molecule has 1 aromatic carbocycles. The molecule has 1 saturated heterocycles. The molecular formula is C15H19F2NO3. The average Bonchev–Trinajstić information content (AvgIpc) is 2.46. The number of nitrogens with zero attached hydrogens (tertiary/aromatic N) is 1. The molecule has 0 atom stereocenters. The standard InChI is InChI=1S/C15H19F2NO3/c1-2-21-14(19)15(20)6-8-18(9-7-15)10-11-4-3-5-12(16)13(11)17/h3-5,20H,2,6-10H2,1H3. The largest absolute Gasteiger partial charge is 0.464 e. The van der Waals surface area contributed by atoms with Crippen molar-refractivity contribution in [1.29, 1.82) is 0 Å². The Morgan fingerprint density at radius 2 is 2.05 bits per heavy atom. The molecular weight excluding hydrogens is 280 g/mol. The van der Waals surface area contributed by atoms with Gasteiger partial charge in [-0.25, -0.2) is 13.6 Å². The molecule has 21 heavy (non-hydrogen) atoms. The van der Waals surface area contributed by atoms with Gasteiger partial charge >= 0.3 is 5.97 Å². The number of carbonyl (C=O) groups is 1. The first-order valence-corrected chi connectivity index (χ1v) is 7.01. The van der Waals surface area contributed by atoms with Gasteiger partial charge in [-0.3, -0.25) is 4.90 Å². The first kappa shape index (κ1) is 15.9. The third kappa shape index (κ3) is 3.57. The van der Waals surface area contributed by atoms with Gasteiger partial charge in [0.1, 0.15) is 0 Å². The van der Waals surface area contributed by atoms with E-state index in [1.54, 1.807) is 6.92 Å². The molecule has 0 aromatic heterocycles. The topological polar surface area (TPSA) is 49.8 Å². The van der Waals surface area contributed by atoms with Crippen molar-refractivity contribution in [2.45, 2.75) is 31.9 Å². The van der Waals surface area contributed by atoms with Crippen LogP contribution in [-0.2, 0) is 16.1 Å². The van der Waals surface area contributed by atoms with E-state index in [1.165, 1.54) is 12.1 Å². The Morgan fingerprint density at radius 3 is 2.67 bits per heavy atom. The molecule has 0 radical (unpaired) electrons. The molecule has 0 unspecified atom stereocenters. The van der Waals surface area contributed by atoms with Gasteiger partial charge in [-0.05, 0) is 25.8 Å². The van der Waals surface area contributed by atoms with Gasteiger partial charge in [-0.1, -0.05) is 12.1 Å². The Kier molecular flexibility index (Phi) is 4.90. The van der Waals surface area contributed by atoms with E-state index in [-0.39, 0.29) is 31.6 Å². The molecule has 0 amide bonds. The molecule has 0 saturated carbocycles. The number of piperidine rings is 1. The summed E-state index contributed by atoms with van der Waals surface area (Å²) in [5.41, 5.74) is -1.19. The summed E-state index contributed by atoms with van der Waals surface area (Å²) in [5, 5.41) is 10.2. The van der Waals surface area contributed by atoms with Crippen LogP contribution < -0.4 is 0 Å². The molecule has 1 aromatic rings. The summed E-state index contributed by atoms with van der Waals surface area (Å²) >= 11 is 0. The number of halogens is 2. The molecule has 2 rings (SSSR count). The minimum Gasteiger partial charge on any atom is -0.464 e. The molecule has 0 spiro atoms. The minimum absolute atomic E-state index is 0.222. The SMILES string of the molecule is CCOC(=O)C1(O)CCN(Cc2cccc(F)c2F)CC1. The number of benzene rings is 1. The number of likely N-dealkylation sites (tertiary alicyclic amines) is 1. The van der Waals surface area contributed by atoms with E-state index in [2.05, 4.69) is 0 Å². The zero-order chi connectivity index (χ0) is 15.5. The van der Waals surface area contributed by atoms with Crippen molar-refractivity contribution in [3.63, 3.8) is 0 Å². The highest BCUT2D eigenvalue weighted by molar-refractivity contribution is 5.79. The lowest BCUT2D eigenvalue weighted by atomic mass is 9.91. The predicted molar refractivity (Wildman–Crippen MR) is 72.5 cm³/mol. The third-order valence-corrected chi connectivity index (χ3v) is 3.76. The summed E-state index contributed by atoms with van der Waals surface area (Å²) in [5.74, 6) is -2.32. The first-order valence-electron chi connectivity index (χ1n) is 7.01. The number of aliphatic hydroxyl groups is 1. The lowest BCUT2D eigenvalue weighted by Gasteiger charge is -2.36. The van der Waals surface area contributed by atoms with Crippen molar-refractivity contribution < 1.29 is 23.4 Å². The maximum atomic E-state index is 13.6. The Morgan fingerprint density at radius 1 is 1.38 bits per heavy atom. The molecule has 4 nitrogen and oxygen atoms in total. The van der Waals surface area contributed by atoms with Gasteiger partial charge in [0.15, 0.2) is 17.2 Å². The van der Waals surface area contributed by atoms with Crippen LogP contribution in [0.1, 0.15) is 25.3 Å². The van der Waals surface area contributed by atoms with E-state index in [9.17, 15) is 18.7 Å². The van der Waals surface area contributed by atoms with Crippen LogP contribution in [0, 0.1) is 11.6 Å². The van der Waals surface area contributed by atoms with Crippen LogP contribution in [-0.4, -0.2) is 41.3 Å². The molecule has 0 aliphatic carbocycles. The van der Waals surface area contributed by atoms with Gasteiger partial charge < -0.3 is 9.84 Å². The van der Waals surface area contributed by atoms with Gasteiger partial charge in [0, 0.05) is 25.2 Å². The molecule has 1 heterocycles. The van der Waals surface area contributed by atoms with Crippen LogP contribution in [0.3, 0.4) is 0 Å². The molecule has 1 N–H and O–H groups in total. The smallest absolute Gasteiger partial charge is 0.338 e. The van der Waals surface area contributed by atoms with Crippen LogP contribution in [0.4, 0.5) is 8.78 Å². The maximum Gasteiger partial charge on any atom is 0.338 e. The van der Waals surface area contributed by atoms with Crippen LogP contribution in [0.15, 0.2) is 18.2 Å². The van der Waals surface area contributed by atoms with Gasteiger partial charge in [-0.2, -0.15) is 0 Å².